The van der Waals surface area contributed by atoms with E-state index in [2.05, 4.69) is 42.0 Å². The van der Waals surface area contributed by atoms with E-state index in [1.165, 1.54) is 5.56 Å². The first-order chi connectivity index (χ1) is 8.13. The number of aldehydes is 1. The Kier molecular flexibility index (Phi) is 3.09. The zero-order valence-corrected chi connectivity index (χ0v) is 10.3. The zero-order chi connectivity index (χ0) is 12.4. The van der Waals surface area contributed by atoms with Gasteiger partial charge in [0.15, 0.2) is 6.29 Å². The van der Waals surface area contributed by atoms with E-state index < -0.39 is 0 Å². The average Bonchev–Trinajstić information content (AvgIpc) is 2.77. The highest BCUT2D eigenvalue weighted by atomic mass is 16.1. The summed E-state index contributed by atoms with van der Waals surface area (Å²) in [7, 11) is 0. The van der Waals surface area contributed by atoms with Crippen molar-refractivity contribution in [3.63, 3.8) is 0 Å². The summed E-state index contributed by atoms with van der Waals surface area (Å²) in [5.41, 5.74) is 4.68. The van der Waals surface area contributed by atoms with E-state index in [4.69, 9.17) is 0 Å². The molecule has 0 aliphatic carbocycles. The zero-order valence-electron chi connectivity index (χ0n) is 10.3. The molecule has 0 aliphatic heterocycles. The highest BCUT2D eigenvalue weighted by molar-refractivity contribution is 5.84. The largest absolute Gasteiger partial charge is 0.342 e. The van der Waals surface area contributed by atoms with E-state index in [1.54, 1.807) is 6.33 Å². The Morgan fingerprint density at radius 3 is 2.76 bits per heavy atom. The monoisotopic (exact) mass is 228 g/mol. The smallest absolute Gasteiger partial charge is 0.168 e. The number of hydrogen-bond acceptors (Lipinski definition) is 2. The van der Waals surface area contributed by atoms with Gasteiger partial charge in [0.25, 0.3) is 0 Å². The van der Waals surface area contributed by atoms with Crippen LogP contribution in [-0.2, 0) is 0 Å². The van der Waals surface area contributed by atoms with Gasteiger partial charge in [-0.1, -0.05) is 26.0 Å². The van der Waals surface area contributed by atoms with E-state index in [9.17, 15) is 4.79 Å². The van der Waals surface area contributed by atoms with Crippen LogP contribution in [0.2, 0.25) is 0 Å². The van der Waals surface area contributed by atoms with E-state index >= 15 is 0 Å². The van der Waals surface area contributed by atoms with Gasteiger partial charge in [-0.3, -0.25) is 4.79 Å². The number of hydrogen-bond donors (Lipinski definition) is 1. The first-order valence-electron chi connectivity index (χ1n) is 5.73. The number of carbonyl (C=O) groups excluding carboxylic acids is 1. The number of nitrogens with zero attached hydrogens (tertiary/aromatic N) is 1. The van der Waals surface area contributed by atoms with Gasteiger partial charge < -0.3 is 4.98 Å². The molecule has 3 heteroatoms. The number of benzene rings is 1. The third kappa shape index (κ3) is 2.13. The van der Waals surface area contributed by atoms with Crippen molar-refractivity contribution in [2.24, 2.45) is 0 Å². The maximum atomic E-state index is 10.9. The van der Waals surface area contributed by atoms with Crippen molar-refractivity contribution in [1.29, 1.82) is 0 Å². The van der Waals surface area contributed by atoms with E-state index in [0.717, 1.165) is 23.1 Å². The molecule has 1 N–H and O–H groups in total. The van der Waals surface area contributed by atoms with Gasteiger partial charge in [0.2, 0.25) is 0 Å². The number of aromatic nitrogens is 2. The molecule has 0 aliphatic rings. The number of imidazole rings is 1. The molecule has 0 atom stereocenters. The van der Waals surface area contributed by atoms with Crippen LogP contribution in [0.4, 0.5) is 0 Å². The Labute approximate surface area is 101 Å². The van der Waals surface area contributed by atoms with Gasteiger partial charge >= 0.3 is 0 Å². The van der Waals surface area contributed by atoms with Gasteiger partial charge in [-0.15, -0.1) is 0 Å². The van der Waals surface area contributed by atoms with Gasteiger partial charge in [-0.25, -0.2) is 4.98 Å². The van der Waals surface area contributed by atoms with Crippen molar-refractivity contribution in [1.82, 2.24) is 9.97 Å². The first kappa shape index (κ1) is 11.6. The number of carbonyl (C=O) groups is 1. The second kappa shape index (κ2) is 4.53. The number of H-pyrrole nitrogens is 1. The molecule has 3 nitrogen and oxygen atoms in total. The van der Waals surface area contributed by atoms with Crippen molar-refractivity contribution in [3.05, 3.63) is 41.3 Å². The third-order valence-electron chi connectivity index (χ3n) is 2.97. The molecule has 1 heterocycles. The van der Waals surface area contributed by atoms with Crippen LogP contribution in [0.25, 0.3) is 11.3 Å². The van der Waals surface area contributed by atoms with Crippen LogP contribution in [0.1, 0.15) is 41.4 Å². The molecule has 2 rings (SSSR count). The Bertz CT molecular complexity index is 541. The fourth-order valence-electron chi connectivity index (χ4n) is 1.86. The average molecular weight is 228 g/mol. The molecule has 0 saturated heterocycles. The predicted octanol–water partition coefficient (Wildman–Crippen LogP) is 3.32. The fraction of sp³-hybridized carbons (Fsp3) is 0.286. The predicted molar refractivity (Wildman–Crippen MR) is 68.2 cm³/mol. The summed E-state index contributed by atoms with van der Waals surface area (Å²) in [6.45, 7) is 6.34. The van der Waals surface area contributed by atoms with Gasteiger partial charge in [-0.2, -0.15) is 0 Å². The second-order valence-electron chi connectivity index (χ2n) is 4.51. The molecule has 1 aromatic heterocycles. The molecule has 0 unspecified atom stereocenters. The number of aromatic amines is 1. The number of rotatable bonds is 3. The lowest BCUT2D eigenvalue weighted by atomic mass is 9.96. The lowest BCUT2D eigenvalue weighted by Gasteiger charge is -2.10. The molecule has 0 fully saturated rings. The Hall–Kier alpha value is -1.90. The van der Waals surface area contributed by atoms with Crippen LogP contribution in [0.3, 0.4) is 0 Å². The van der Waals surface area contributed by atoms with Gasteiger partial charge in [0.1, 0.15) is 5.69 Å². The van der Waals surface area contributed by atoms with Gasteiger partial charge in [0.05, 0.1) is 12.0 Å². The lowest BCUT2D eigenvalue weighted by molar-refractivity contribution is 0.112. The topological polar surface area (TPSA) is 45.8 Å². The summed E-state index contributed by atoms with van der Waals surface area (Å²) in [6.07, 6.45) is 2.37. The third-order valence-corrected chi connectivity index (χ3v) is 2.97. The molecule has 1 aromatic carbocycles. The Morgan fingerprint density at radius 1 is 1.35 bits per heavy atom. The SMILES string of the molecule is Cc1ccc(C(C)C)cc1-c1nc[nH]c1C=O. The number of nitrogens with one attached hydrogen (secondary N) is 1. The molecule has 17 heavy (non-hydrogen) atoms. The summed E-state index contributed by atoms with van der Waals surface area (Å²) < 4.78 is 0. The van der Waals surface area contributed by atoms with Crippen molar-refractivity contribution >= 4 is 6.29 Å². The van der Waals surface area contributed by atoms with E-state index in [-0.39, 0.29) is 0 Å². The summed E-state index contributed by atoms with van der Waals surface area (Å²) in [5, 5.41) is 0. The lowest BCUT2D eigenvalue weighted by Crippen LogP contribution is -1.93. The summed E-state index contributed by atoms with van der Waals surface area (Å²) in [6, 6.07) is 6.31. The van der Waals surface area contributed by atoms with Crippen LogP contribution in [-0.4, -0.2) is 16.3 Å². The van der Waals surface area contributed by atoms with Crippen molar-refractivity contribution in [2.45, 2.75) is 26.7 Å². The van der Waals surface area contributed by atoms with E-state index in [1.807, 2.05) is 6.92 Å². The van der Waals surface area contributed by atoms with Crippen LogP contribution in [0, 0.1) is 6.92 Å². The normalized spacial score (nSPS) is 10.8. The van der Waals surface area contributed by atoms with Gasteiger partial charge in [-0.05, 0) is 30.0 Å². The second-order valence-corrected chi connectivity index (χ2v) is 4.51. The molecule has 2 aromatic rings. The molecule has 0 radical (unpaired) electrons. The maximum Gasteiger partial charge on any atom is 0.168 e. The summed E-state index contributed by atoms with van der Waals surface area (Å²) >= 11 is 0. The van der Waals surface area contributed by atoms with Crippen LogP contribution in [0.5, 0.6) is 0 Å². The molecule has 0 spiro atoms. The minimum Gasteiger partial charge on any atom is -0.342 e. The molecule has 88 valence electrons. The quantitative estimate of drug-likeness (QED) is 0.819. The Balaban J connectivity index is 2.58. The first-order valence-corrected chi connectivity index (χ1v) is 5.73. The van der Waals surface area contributed by atoms with Crippen LogP contribution < -0.4 is 0 Å². The molecule has 0 saturated carbocycles. The maximum absolute atomic E-state index is 10.9. The van der Waals surface area contributed by atoms with Crippen LogP contribution >= 0.6 is 0 Å². The highest BCUT2D eigenvalue weighted by Crippen LogP contribution is 2.27. The molecule has 0 bridgehead atoms. The summed E-state index contributed by atoms with van der Waals surface area (Å²) in [4.78, 5) is 18.0. The minimum absolute atomic E-state index is 0.466. The standard InChI is InChI=1S/C14H16N2O/c1-9(2)11-5-4-10(3)12(6-11)14-13(7-17)15-8-16-14/h4-9H,1-3H3,(H,15,16). The van der Waals surface area contributed by atoms with E-state index in [0.29, 0.717) is 11.6 Å². The molecule has 0 amide bonds. The molecular formula is C14H16N2O. The fourth-order valence-corrected chi connectivity index (χ4v) is 1.86. The Morgan fingerprint density at radius 2 is 2.12 bits per heavy atom. The van der Waals surface area contributed by atoms with Gasteiger partial charge in [0, 0.05) is 5.56 Å². The highest BCUT2D eigenvalue weighted by Gasteiger charge is 2.11. The number of aryl methyl sites for hydroxylation is 1. The summed E-state index contributed by atoms with van der Waals surface area (Å²) in [5.74, 6) is 0.466. The molecular weight excluding hydrogens is 212 g/mol. The van der Waals surface area contributed by atoms with Crippen molar-refractivity contribution < 1.29 is 4.79 Å². The minimum atomic E-state index is 0.466. The van der Waals surface area contributed by atoms with Crippen molar-refractivity contribution in [3.8, 4) is 11.3 Å². The van der Waals surface area contributed by atoms with Crippen LogP contribution in [0.15, 0.2) is 24.5 Å². The van der Waals surface area contributed by atoms with Crippen molar-refractivity contribution in [2.75, 3.05) is 0 Å².